The van der Waals surface area contributed by atoms with Crippen molar-refractivity contribution in [2.75, 3.05) is 11.4 Å². The molecule has 0 aliphatic heterocycles. The van der Waals surface area contributed by atoms with Gasteiger partial charge in [0.25, 0.3) is 0 Å². The first-order valence-corrected chi connectivity index (χ1v) is 7.99. The fourth-order valence-electron chi connectivity index (χ4n) is 2.18. The molecule has 20 heavy (non-hydrogen) atoms. The molecule has 114 valence electrons. The summed E-state index contributed by atoms with van der Waals surface area (Å²) in [5.74, 6) is -0.518. The Morgan fingerprint density at radius 3 is 2.50 bits per heavy atom. The van der Waals surface area contributed by atoms with Gasteiger partial charge in [-0.1, -0.05) is 27.7 Å². The van der Waals surface area contributed by atoms with E-state index in [1.165, 1.54) is 11.3 Å². The Morgan fingerprint density at radius 2 is 2.05 bits per heavy atom. The highest BCUT2D eigenvalue weighted by atomic mass is 32.1. The molecule has 0 saturated heterocycles. The van der Waals surface area contributed by atoms with Crippen LogP contribution in [-0.2, 0) is 4.79 Å². The van der Waals surface area contributed by atoms with Crippen molar-refractivity contribution in [1.82, 2.24) is 4.98 Å². The minimum atomic E-state index is -1.04. The molecule has 0 aromatic carbocycles. The summed E-state index contributed by atoms with van der Waals surface area (Å²) in [6.07, 6.45) is 2.09. The van der Waals surface area contributed by atoms with E-state index in [0.717, 1.165) is 24.5 Å². The van der Waals surface area contributed by atoms with Crippen LogP contribution in [0.5, 0.6) is 0 Å². The van der Waals surface area contributed by atoms with E-state index in [9.17, 15) is 4.79 Å². The van der Waals surface area contributed by atoms with E-state index < -0.39 is 12.0 Å². The molecule has 0 aliphatic rings. The van der Waals surface area contributed by atoms with Crippen molar-refractivity contribution in [2.24, 2.45) is 11.7 Å². The average Bonchev–Trinajstić information content (AvgIpc) is 2.86. The topological polar surface area (TPSA) is 79.5 Å². The molecule has 6 heteroatoms. The van der Waals surface area contributed by atoms with Crippen LogP contribution in [0.3, 0.4) is 0 Å². The summed E-state index contributed by atoms with van der Waals surface area (Å²) in [6, 6.07) is -0.611. The molecule has 0 fully saturated rings. The van der Waals surface area contributed by atoms with Gasteiger partial charge in [-0.2, -0.15) is 0 Å². The number of aliphatic carboxylic acids is 1. The van der Waals surface area contributed by atoms with Crippen LogP contribution < -0.4 is 10.6 Å². The van der Waals surface area contributed by atoms with E-state index in [1.807, 2.05) is 0 Å². The maximum atomic E-state index is 10.9. The number of carbonyl (C=O) groups is 1. The lowest BCUT2D eigenvalue weighted by Crippen LogP contribution is -2.37. The first-order chi connectivity index (χ1) is 9.40. The van der Waals surface area contributed by atoms with Gasteiger partial charge < -0.3 is 15.7 Å². The lowest BCUT2D eigenvalue weighted by atomic mass is 10.1. The third-order valence-electron chi connectivity index (χ3n) is 3.29. The number of thiazole rings is 1. The van der Waals surface area contributed by atoms with Crippen molar-refractivity contribution < 1.29 is 9.90 Å². The number of carboxylic acid groups (broad SMARTS) is 1. The van der Waals surface area contributed by atoms with E-state index in [0.29, 0.717) is 17.7 Å². The zero-order valence-corrected chi connectivity index (χ0v) is 13.5. The molecule has 1 rings (SSSR count). The molecule has 0 radical (unpaired) electrons. The van der Waals surface area contributed by atoms with Gasteiger partial charge in [0.05, 0.1) is 5.69 Å². The molecular weight excluding hydrogens is 274 g/mol. The number of anilines is 1. The third-order valence-corrected chi connectivity index (χ3v) is 4.18. The molecule has 1 heterocycles. The summed E-state index contributed by atoms with van der Waals surface area (Å²) in [5.41, 5.74) is 6.06. The summed E-state index contributed by atoms with van der Waals surface area (Å²) in [7, 11) is 0. The van der Waals surface area contributed by atoms with Gasteiger partial charge in [0, 0.05) is 18.0 Å². The SMILES string of the molecule is CCC(CC)N(CC(C)C)c1nc(C(N)C(=O)O)cs1. The zero-order chi connectivity index (χ0) is 15.3. The number of hydrogen-bond acceptors (Lipinski definition) is 5. The normalized spacial score (nSPS) is 12.9. The summed E-state index contributed by atoms with van der Waals surface area (Å²) in [5, 5.41) is 11.6. The monoisotopic (exact) mass is 299 g/mol. The van der Waals surface area contributed by atoms with E-state index in [-0.39, 0.29) is 0 Å². The first kappa shape index (κ1) is 16.9. The fourth-order valence-corrected chi connectivity index (χ4v) is 3.13. The van der Waals surface area contributed by atoms with E-state index >= 15 is 0 Å². The van der Waals surface area contributed by atoms with Crippen molar-refractivity contribution in [3.8, 4) is 0 Å². The van der Waals surface area contributed by atoms with Crippen LogP contribution in [0.1, 0.15) is 52.3 Å². The summed E-state index contributed by atoms with van der Waals surface area (Å²) in [4.78, 5) is 17.7. The summed E-state index contributed by atoms with van der Waals surface area (Å²) >= 11 is 1.48. The number of hydrogen-bond donors (Lipinski definition) is 2. The lowest BCUT2D eigenvalue weighted by Gasteiger charge is -2.31. The van der Waals surface area contributed by atoms with E-state index in [2.05, 4.69) is 37.6 Å². The Balaban J connectivity index is 2.99. The molecule has 5 nitrogen and oxygen atoms in total. The summed E-state index contributed by atoms with van der Waals surface area (Å²) in [6.45, 7) is 9.60. The maximum Gasteiger partial charge on any atom is 0.326 e. The van der Waals surface area contributed by atoms with Crippen molar-refractivity contribution in [3.05, 3.63) is 11.1 Å². The smallest absolute Gasteiger partial charge is 0.326 e. The number of aromatic nitrogens is 1. The minimum Gasteiger partial charge on any atom is -0.480 e. The molecule has 3 N–H and O–H groups in total. The molecule has 0 amide bonds. The molecule has 1 aromatic heterocycles. The van der Waals surface area contributed by atoms with Crippen LogP contribution in [0.4, 0.5) is 5.13 Å². The fraction of sp³-hybridized carbons (Fsp3) is 0.714. The lowest BCUT2D eigenvalue weighted by molar-refractivity contribution is -0.138. The Labute approximate surface area is 124 Å². The van der Waals surface area contributed by atoms with Crippen molar-refractivity contribution in [3.63, 3.8) is 0 Å². The van der Waals surface area contributed by atoms with Crippen LogP contribution in [0, 0.1) is 5.92 Å². The maximum absolute atomic E-state index is 10.9. The second kappa shape index (κ2) is 7.59. The second-order valence-corrected chi connectivity index (χ2v) is 6.22. The molecule has 0 aliphatic carbocycles. The standard InChI is InChI=1S/C14H25N3O2S/c1-5-10(6-2)17(7-9(3)4)14-16-11(8-20-14)12(15)13(18)19/h8-10,12H,5-7,15H2,1-4H3,(H,18,19). The Morgan fingerprint density at radius 1 is 1.45 bits per heavy atom. The van der Waals surface area contributed by atoms with Gasteiger partial charge in [-0.3, -0.25) is 4.79 Å². The van der Waals surface area contributed by atoms with Gasteiger partial charge in [0.2, 0.25) is 0 Å². The van der Waals surface area contributed by atoms with Crippen molar-refractivity contribution in [1.29, 1.82) is 0 Å². The Bertz CT molecular complexity index is 430. The number of carboxylic acids is 1. The second-order valence-electron chi connectivity index (χ2n) is 5.39. The number of nitrogens with two attached hydrogens (primary N) is 1. The van der Waals surface area contributed by atoms with Gasteiger partial charge in [0.1, 0.15) is 6.04 Å². The van der Waals surface area contributed by atoms with Crippen LogP contribution >= 0.6 is 11.3 Å². The third kappa shape index (κ3) is 4.18. The first-order valence-electron chi connectivity index (χ1n) is 7.11. The van der Waals surface area contributed by atoms with Crippen LogP contribution in [0.25, 0.3) is 0 Å². The van der Waals surface area contributed by atoms with Crippen molar-refractivity contribution >= 4 is 22.4 Å². The average molecular weight is 299 g/mol. The highest BCUT2D eigenvalue weighted by Gasteiger charge is 2.23. The van der Waals surface area contributed by atoms with Gasteiger partial charge in [-0.15, -0.1) is 11.3 Å². The molecule has 0 saturated carbocycles. The van der Waals surface area contributed by atoms with Crippen molar-refractivity contribution in [2.45, 2.75) is 52.6 Å². The van der Waals surface area contributed by atoms with Crippen LogP contribution in [0.15, 0.2) is 5.38 Å². The highest BCUT2D eigenvalue weighted by molar-refractivity contribution is 7.13. The molecule has 1 unspecified atom stereocenters. The molecule has 0 spiro atoms. The predicted molar refractivity (Wildman–Crippen MR) is 83.2 cm³/mol. The van der Waals surface area contributed by atoms with Gasteiger partial charge in [0.15, 0.2) is 5.13 Å². The predicted octanol–water partition coefficient (Wildman–Crippen LogP) is 2.88. The summed E-state index contributed by atoms with van der Waals surface area (Å²) < 4.78 is 0. The zero-order valence-electron chi connectivity index (χ0n) is 12.7. The molecular formula is C14H25N3O2S. The van der Waals surface area contributed by atoms with Crippen LogP contribution in [-0.4, -0.2) is 28.6 Å². The number of rotatable bonds is 8. The Hall–Kier alpha value is -1.14. The van der Waals surface area contributed by atoms with Gasteiger partial charge in [-0.25, -0.2) is 4.98 Å². The number of nitrogens with zero attached hydrogens (tertiary/aromatic N) is 2. The van der Waals surface area contributed by atoms with E-state index in [1.54, 1.807) is 5.38 Å². The minimum absolute atomic E-state index is 0.428. The molecule has 1 aromatic rings. The Kier molecular flexibility index (Phi) is 6.42. The quantitative estimate of drug-likeness (QED) is 0.771. The van der Waals surface area contributed by atoms with Crippen LogP contribution in [0.2, 0.25) is 0 Å². The van der Waals surface area contributed by atoms with E-state index in [4.69, 9.17) is 10.8 Å². The van der Waals surface area contributed by atoms with Gasteiger partial charge >= 0.3 is 5.97 Å². The molecule has 1 atom stereocenters. The highest BCUT2D eigenvalue weighted by Crippen LogP contribution is 2.27. The largest absolute Gasteiger partial charge is 0.480 e. The van der Waals surface area contributed by atoms with Gasteiger partial charge in [-0.05, 0) is 18.8 Å². The molecule has 0 bridgehead atoms.